The predicted octanol–water partition coefficient (Wildman–Crippen LogP) is 3.87. The molecule has 144 valence electrons. The highest BCUT2D eigenvalue weighted by molar-refractivity contribution is 7.18. The Hall–Kier alpha value is -2.51. The molecular weight excluding hydrogens is 372 g/mol. The number of hydrogen-bond acceptors (Lipinski definition) is 6. The first-order valence-corrected chi connectivity index (χ1v) is 10.6. The highest BCUT2D eigenvalue weighted by atomic mass is 32.1. The summed E-state index contributed by atoms with van der Waals surface area (Å²) in [4.78, 5) is 6.37. The van der Waals surface area contributed by atoms with Gasteiger partial charge in [-0.3, -0.25) is 0 Å². The van der Waals surface area contributed by atoms with Gasteiger partial charge in [0.25, 0.3) is 11.8 Å². The van der Waals surface area contributed by atoms with Gasteiger partial charge in [0.15, 0.2) is 11.6 Å². The minimum Gasteiger partial charge on any atom is -0.466 e. The minimum atomic E-state index is 0.388. The summed E-state index contributed by atoms with van der Waals surface area (Å²) in [7, 11) is 0. The Morgan fingerprint density at radius 3 is 2.86 bits per heavy atom. The summed E-state index contributed by atoms with van der Waals surface area (Å²) in [5.41, 5.74) is 1.98. The van der Waals surface area contributed by atoms with E-state index in [1.54, 1.807) is 0 Å². The molecule has 1 saturated heterocycles. The Morgan fingerprint density at radius 2 is 2.04 bits per heavy atom. The van der Waals surface area contributed by atoms with Crippen LogP contribution < -0.4 is 4.90 Å². The van der Waals surface area contributed by atoms with Crippen molar-refractivity contribution in [3.63, 3.8) is 0 Å². The molecule has 2 atom stereocenters. The molecule has 1 unspecified atom stereocenters. The molecule has 1 aliphatic rings. The van der Waals surface area contributed by atoms with Gasteiger partial charge in [-0.05, 0) is 44.9 Å². The fourth-order valence-electron chi connectivity index (χ4n) is 4.10. The molecule has 0 spiro atoms. The number of aromatic nitrogens is 3. The van der Waals surface area contributed by atoms with Crippen LogP contribution in [0.3, 0.4) is 0 Å². The summed E-state index contributed by atoms with van der Waals surface area (Å²) in [5, 5.41) is 9.79. The maximum Gasteiger partial charge on any atom is 0.271 e. The van der Waals surface area contributed by atoms with Crippen molar-refractivity contribution in [3.8, 4) is 11.5 Å². The molecule has 0 radical (unpaired) electrons. The number of piperidine rings is 1. The molecule has 0 aliphatic carbocycles. The molecule has 1 aliphatic heterocycles. The number of benzene rings is 1. The Morgan fingerprint density at radius 1 is 1.14 bits per heavy atom. The SMILES string of the molecule is Cc1cc(-c2nnc(C[NH+]3CCCC[C@@H]3c3nc4ccccc4s3)o2)c(C)o1. The molecule has 0 saturated carbocycles. The van der Waals surface area contributed by atoms with Crippen molar-refractivity contribution in [2.75, 3.05) is 6.54 Å². The third kappa shape index (κ3) is 3.25. The number of quaternary nitrogens is 1. The van der Waals surface area contributed by atoms with E-state index in [1.807, 2.05) is 31.3 Å². The van der Waals surface area contributed by atoms with E-state index in [4.69, 9.17) is 13.8 Å². The van der Waals surface area contributed by atoms with Crippen LogP contribution in [-0.2, 0) is 6.54 Å². The Labute approximate surface area is 167 Å². The molecule has 1 aromatic carbocycles. The van der Waals surface area contributed by atoms with Gasteiger partial charge in [0, 0.05) is 6.42 Å². The predicted molar refractivity (Wildman–Crippen MR) is 107 cm³/mol. The largest absolute Gasteiger partial charge is 0.466 e. The number of thiazole rings is 1. The molecule has 3 aromatic heterocycles. The average Bonchev–Trinajstić information content (AvgIpc) is 3.40. The van der Waals surface area contributed by atoms with Crippen molar-refractivity contribution in [2.24, 2.45) is 0 Å². The Kier molecular flexibility index (Phi) is 4.49. The zero-order valence-corrected chi connectivity index (χ0v) is 16.9. The molecule has 5 rings (SSSR count). The number of para-hydroxylation sites is 1. The lowest BCUT2D eigenvalue weighted by Crippen LogP contribution is -3.11. The highest BCUT2D eigenvalue weighted by Gasteiger charge is 2.32. The topological polar surface area (TPSA) is 69.4 Å². The molecule has 4 heterocycles. The van der Waals surface area contributed by atoms with Gasteiger partial charge < -0.3 is 13.7 Å². The molecular formula is C21H23N4O2S+. The van der Waals surface area contributed by atoms with E-state index in [9.17, 15) is 0 Å². The van der Waals surface area contributed by atoms with E-state index in [0.29, 0.717) is 17.8 Å². The van der Waals surface area contributed by atoms with Crippen LogP contribution in [0.1, 0.15) is 47.7 Å². The maximum atomic E-state index is 5.99. The first-order valence-electron chi connectivity index (χ1n) is 9.77. The monoisotopic (exact) mass is 395 g/mol. The van der Waals surface area contributed by atoms with Gasteiger partial charge >= 0.3 is 0 Å². The lowest BCUT2D eigenvalue weighted by atomic mass is 10.0. The molecule has 28 heavy (non-hydrogen) atoms. The second-order valence-electron chi connectivity index (χ2n) is 7.48. The van der Waals surface area contributed by atoms with E-state index in [-0.39, 0.29) is 0 Å². The van der Waals surface area contributed by atoms with Gasteiger partial charge in [0.1, 0.15) is 17.6 Å². The number of likely N-dealkylation sites (tertiary alicyclic amines) is 1. The van der Waals surface area contributed by atoms with Gasteiger partial charge in [-0.25, -0.2) is 4.98 Å². The quantitative estimate of drug-likeness (QED) is 0.568. The first-order chi connectivity index (χ1) is 13.7. The van der Waals surface area contributed by atoms with Gasteiger partial charge in [-0.1, -0.05) is 12.1 Å². The maximum absolute atomic E-state index is 5.99. The van der Waals surface area contributed by atoms with E-state index in [0.717, 1.165) is 42.1 Å². The third-order valence-corrected chi connectivity index (χ3v) is 6.61. The molecule has 4 aromatic rings. The third-order valence-electron chi connectivity index (χ3n) is 5.46. The van der Waals surface area contributed by atoms with Crippen LogP contribution in [0, 0.1) is 13.8 Å². The summed E-state index contributed by atoms with van der Waals surface area (Å²) >= 11 is 1.81. The first kappa shape index (κ1) is 17.6. The number of fused-ring (bicyclic) bond motifs is 1. The van der Waals surface area contributed by atoms with Crippen LogP contribution in [0.2, 0.25) is 0 Å². The minimum absolute atomic E-state index is 0.388. The Balaban J connectivity index is 1.39. The van der Waals surface area contributed by atoms with Gasteiger partial charge in [-0.2, -0.15) is 0 Å². The summed E-state index contributed by atoms with van der Waals surface area (Å²) in [6.45, 7) is 5.67. The van der Waals surface area contributed by atoms with Crippen molar-refractivity contribution in [1.29, 1.82) is 0 Å². The van der Waals surface area contributed by atoms with Gasteiger partial charge in [0.05, 0.1) is 22.3 Å². The van der Waals surface area contributed by atoms with Crippen LogP contribution >= 0.6 is 11.3 Å². The zero-order valence-electron chi connectivity index (χ0n) is 16.1. The lowest BCUT2D eigenvalue weighted by molar-refractivity contribution is -0.951. The molecule has 0 amide bonds. The number of furan rings is 1. The number of nitrogens with zero attached hydrogens (tertiary/aromatic N) is 3. The second kappa shape index (κ2) is 7.14. The van der Waals surface area contributed by atoms with Crippen LogP contribution in [0.4, 0.5) is 0 Å². The van der Waals surface area contributed by atoms with E-state index >= 15 is 0 Å². The fraction of sp³-hybridized carbons (Fsp3) is 0.381. The molecule has 1 N–H and O–H groups in total. The van der Waals surface area contributed by atoms with Crippen molar-refractivity contribution in [2.45, 2.75) is 45.7 Å². The lowest BCUT2D eigenvalue weighted by Gasteiger charge is -2.30. The van der Waals surface area contributed by atoms with Crippen LogP contribution in [-0.4, -0.2) is 21.7 Å². The smallest absolute Gasteiger partial charge is 0.271 e. The van der Waals surface area contributed by atoms with E-state index in [2.05, 4.69) is 34.5 Å². The number of rotatable bonds is 4. The summed E-state index contributed by atoms with van der Waals surface area (Å²) in [6, 6.07) is 10.7. The number of hydrogen-bond donors (Lipinski definition) is 1. The van der Waals surface area contributed by atoms with Crippen molar-refractivity contribution >= 4 is 21.6 Å². The molecule has 1 fully saturated rings. The van der Waals surface area contributed by atoms with Gasteiger partial charge in [-0.15, -0.1) is 21.5 Å². The fourth-order valence-corrected chi connectivity index (χ4v) is 5.26. The molecule has 0 bridgehead atoms. The average molecular weight is 396 g/mol. The number of nitrogens with one attached hydrogen (secondary N) is 1. The standard InChI is InChI=1S/C21H22N4O2S/c1-13-11-15(14(2)26-13)20-24-23-19(27-20)12-25-10-6-5-8-17(25)21-22-16-7-3-4-9-18(16)28-21/h3-4,7,9,11,17H,5-6,8,10,12H2,1-2H3/p+1/t17-/m1/s1. The summed E-state index contributed by atoms with van der Waals surface area (Å²) in [5.74, 6) is 2.88. The van der Waals surface area contributed by atoms with Crippen LogP contribution in [0.5, 0.6) is 0 Å². The summed E-state index contributed by atoms with van der Waals surface area (Å²) < 4.78 is 12.8. The second-order valence-corrected chi connectivity index (χ2v) is 8.54. The van der Waals surface area contributed by atoms with Crippen molar-refractivity contribution in [1.82, 2.24) is 15.2 Å². The van der Waals surface area contributed by atoms with Crippen molar-refractivity contribution in [3.05, 3.63) is 52.8 Å². The Bertz CT molecular complexity index is 1080. The summed E-state index contributed by atoms with van der Waals surface area (Å²) in [6.07, 6.45) is 3.61. The van der Waals surface area contributed by atoms with Gasteiger partial charge in [0.2, 0.25) is 0 Å². The van der Waals surface area contributed by atoms with E-state index in [1.165, 1.54) is 27.4 Å². The van der Waals surface area contributed by atoms with Crippen LogP contribution in [0.25, 0.3) is 21.7 Å². The molecule has 6 nitrogen and oxygen atoms in total. The van der Waals surface area contributed by atoms with Crippen LogP contribution in [0.15, 0.2) is 39.2 Å². The number of aryl methyl sites for hydroxylation is 2. The zero-order chi connectivity index (χ0) is 19.1. The normalized spacial score (nSPS) is 20.1. The highest BCUT2D eigenvalue weighted by Crippen LogP contribution is 2.29. The van der Waals surface area contributed by atoms with Crippen molar-refractivity contribution < 1.29 is 13.7 Å². The van der Waals surface area contributed by atoms with E-state index < -0.39 is 0 Å². The molecule has 7 heteroatoms.